The van der Waals surface area contributed by atoms with Crippen molar-refractivity contribution in [3.8, 4) is 0 Å². The van der Waals surface area contributed by atoms with Crippen molar-refractivity contribution in [1.82, 2.24) is 10.2 Å². The van der Waals surface area contributed by atoms with E-state index in [4.69, 9.17) is 0 Å². The van der Waals surface area contributed by atoms with Crippen LogP contribution in [0.2, 0.25) is 0 Å². The second-order valence-electron chi connectivity index (χ2n) is 7.88. The van der Waals surface area contributed by atoms with Crippen LogP contribution in [-0.4, -0.2) is 41.8 Å². The first-order chi connectivity index (χ1) is 10.7. The van der Waals surface area contributed by atoms with Gasteiger partial charge < -0.3 is 15.3 Å². The van der Waals surface area contributed by atoms with E-state index in [1.165, 1.54) is 32.1 Å². The molecule has 0 saturated heterocycles. The summed E-state index contributed by atoms with van der Waals surface area (Å²) >= 11 is 0. The van der Waals surface area contributed by atoms with Crippen LogP contribution >= 0.6 is 0 Å². The lowest BCUT2D eigenvalue weighted by atomic mass is 9.82. The topological polar surface area (TPSA) is 52.6 Å². The van der Waals surface area contributed by atoms with Crippen LogP contribution in [0.25, 0.3) is 0 Å². The van der Waals surface area contributed by atoms with Gasteiger partial charge in [0.25, 0.3) is 0 Å². The number of carbonyl (C=O) groups excluding carboxylic acids is 1. The second-order valence-corrected chi connectivity index (χ2v) is 7.88. The van der Waals surface area contributed by atoms with Crippen LogP contribution in [0.4, 0.5) is 4.79 Å². The van der Waals surface area contributed by atoms with Gasteiger partial charge in [0.2, 0.25) is 0 Å². The lowest BCUT2D eigenvalue weighted by Crippen LogP contribution is -2.49. The van der Waals surface area contributed by atoms with Crippen LogP contribution in [0, 0.1) is 17.8 Å². The maximum atomic E-state index is 12.5. The molecule has 0 aromatic heterocycles. The molecule has 4 nitrogen and oxygen atoms in total. The van der Waals surface area contributed by atoms with Crippen molar-refractivity contribution in [3.63, 3.8) is 0 Å². The lowest BCUT2D eigenvalue weighted by Gasteiger charge is -2.36. The van der Waals surface area contributed by atoms with Gasteiger partial charge in [-0.15, -0.1) is 0 Å². The molecule has 0 aromatic rings. The molecule has 0 aromatic carbocycles. The summed E-state index contributed by atoms with van der Waals surface area (Å²) in [6.07, 6.45) is 12.0. The van der Waals surface area contributed by atoms with Gasteiger partial charge in [0.1, 0.15) is 0 Å². The van der Waals surface area contributed by atoms with Gasteiger partial charge in [-0.05, 0) is 69.1 Å². The first kappa shape index (κ1) is 16.1. The summed E-state index contributed by atoms with van der Waals surface area (Å²) in [6, 6.07) is 0.864. The molecule has 2 unspecified atom stereocenters. The minimum Gasteiger partial charge on any atom is -0.396 e. The molecule has 126 valence electrons. The van der Waals surface area contributed by atoms with Gasteiger partial charge in [-0.1, -0.05) is 12.8 Å². The minimum atomic E-state index is 0.119. The molecule has 0 spiro atoms. The Morgan fingerprint density at radius 3 is 2.41 bits per heavy atom. The number of nitrogens with zero attached hydrogens (tertiary/aromatic N) is 1. The molecule has 3 aliphatic rings. The van der Waals surface area contributed by atoms with Crippen LogP contribution in [0.3, 0.4) is 0 Å². The largest absolute Gasteiger partial charge is 0.396 e. The molecule has 3 saturated carbocycles. The number of hydrogen-bond donors (Lipinski definition) is 2. The van der Waals surface area contributed by atoms with E-state index < -0.39 is 0 Å². The zero-order valence-electron chi connectivity index (χ0n) is 14.0. The van der Waals surface area contributed by atoms with Gasteiger partial charge >= 0.3 is 6.03 Å². The summed E-state index contributed by atoms with van der Waals surface area (Å²) < 4.78 is 0. The molecule has 0 bridgehead atoms. The molecule has 0 aliphatic heterocycles. The molecule has 3 fully saturated rings. The molecule has 3 rings (SSSR count). The first-order valence-electron chi connectivity index (χ1n) is 9.31. The van der Waals surface area contributed by atoms with Crippen LogP contribution in [0.5, 0.6) is 0 Å². The molecule has 3 aliphatic carbocycles. The summed E-state index contributed by atoms with van der Waals surface area (Å²) in [5.74, 6) is 2.28. The van der Waals surface area contributed by atoms with Crippen molar-refractivity contribution in [2.75, 3.05) is 13.7 Å². The molecule has 22 heavy (non-hydrogen) atoms. The molecular weight excluding hydrogens is 276 g/mol. The Hall–Kier alpha value is -0.770. The van der Waals surface area contributed by atoms with Gasteiger partial charge in [-0.25, -0.2) is 4.79 Å². The Morgan fingerprint density at radius 1 is 1.05 bits per heavy atom. The Bertz CT molecular complexity index is 375. The van der Waals surface area contributed by atoms with Crippen LogP contribution in [-0.2, 0) is 0 Å². The van der Waals surface area contributed by atoms with Crippen molar-refractivity contribution >= 4 is 6.03 Å². The van der Waals surface area contributed by atoms with Crippen molar-refractivity contribution in [2.45, 2.75) is 76.3 Å². The first-order valence-corrected chi connectivity index (χ1v) is 9.31. The quantitative estimate of drug-likeness (QED) is 0.838. The fourth-order valence-electron chi connectivity index (χ4n) is 4.51. The van der Waals surface area contributed by atoms with Crippen molar-refractivity contribution in [2.24, 2.45) is 17.8 Å². The molecule has 2 atom stereocenters. The molecule has 4 heteroatoms. The van der Waals surface area contributed by atoms with Crippen molar-refractivity contribution < 1.29 is 9.90 Å². The zero-order valence-corrected chi connectivity index (χ0v) is 14.0. The van der Waals surface area contributed by atoms with Crippen LogP contribution < -0.4 is 5.32 Å². The average Bonchev–Trinajstić information content (AvgIpc) is 3.39. The Morgan fingerprint density at radius 2 is 1.77 bits per heavy atom. The highest BCUT2D eigenvalue weighted by atomic mass is 16.3. The van der Waals surface area contributed by atoms with Gasteiger partial charge in [0.05, 0.1) is 0 Å². The third-order valence-corrected chi connectivity index (χ3v) is 6.27. The number of rotatable bonds is 4. The number of nitrogens with one attached hydrogen (secondary N) is 1. The highest BCUT2D eigenvalue weighted by Gasteiger charge is 2.35. The zero-order chi connectivity index (χ0) is 15.5. The second kappa shape index (κ2) is 7.20. The van der Waals surface area contributed by atoms with E-state index in [1.54, 1.807) is 0 Å². The number of hydrogen-bond acceptors (Lipinski definition) is 2. The molecule has 2 N–H and O–H groups in total. The molecular formula is C18H32N2O2. The smallest absolute Gasteiger partial charge is 0.317 e. The normalized spacial score (nSPS) is 35.9. The molecule has 0 radical (unpaired) electrons. The Kier molecular flexibility index (Phi) is 5.27. The maximum Gasteiger partial charge on any atom is 0.317 e. The highest BCUT2D eigenvalue weighted by molar-refractivity contribution is 5.74. The van der Waals surface area contributed by atoms with E-state index in [1.807, 2.05) is 11.9 Å². The van der Waals surface area contributed by atoms with E-state index in [-0.39, 0.29) is 6.03 Å². The fourth-order valence-corrected chi connectivity index (χ4v) is 4.51. The van der Waals surface area contributed by atoms with Gasteiger partial charge in [-0.3, -0.25) is 0 Å². The molecule has 0 heterocycles. The SMILES string of the molecule is CN(C(=O)NC1CCCC(C2CC2)C1)C1CCC(CO)CC1. The number of aliphatic hydroxyl groups is 1. The Balaban J connectivity index is 1.44. The van der Waals surface area contributed by atoms with Gasteiger partial charge in [0.15, 0.2) is 0 Å². The summed E-state index contributed by atoms with van der Waals surface area (Å²) in [4.78, 5) is 14.4. The van der Waals surface area contributed by atoms with Crippen molar-refractivity contribution in [1.29, 1.82) is 0 Å². The average molecular weight is 308 g/mol. The summed E-state index contributed by atoms with van der Waals surface area (Å²) in [5.41, 5.74) is 0. The number of amides is 2. The maximum absolute atomic E-state index is 12.5. The summed E-state index contributed by atoms with van der Waals surface area (Å²) in [6.45, 7) is 0.299. The third-order valence-electron chi connectivity index (χ3n) is 6.27. The summed E-state index contributed by atoms with van der Waals surface area (Å²) in [7, 11) is 1.94. The van der Waals surface area contributed by atoms with E-state index >= 15 is 0 Å². The van der Waals surface area contributed by atoms with E-state index in [0.29, 0.717) is 24.6 Å². The van der Waals surface area contributed by atoms with Gasteiger partial charge in [0, 0.05) is 25.7 Å². The fraction of sp³-hybridized carbons (Fsp3) is 0.944. The van der Waals surface area contributed by atoms with Crippen LogP contribution in [0.1, 0.15) is 64.2 Å². The predicted octanol–water partition coefficient (Wildman–Crippen LogP) is 3.15. The van der Waals surface area contributed by atoms with Crippen molar-refractivity contribution in [3.05, 3.63) is 0 Å². The Labute approximate surface area is 134 Å². The predicted molar refractivity (Wildman–Crippen MR) is 87.6 cm³/mol. The number of urea groups is 1. The summed E-state index contributed by atoms with van der Waals surface area (Å²) in [5, 5.41) is 12.5. The minimum absolute atomic E-state index is 0.119. The highest BCUT2D eigenvalue weighted by Crippen LogP contribution is 2.43. The van der Waals surface area contributed by atoms with E-state index in [2.05, 4.69) is 5.32 Å². The van der Waals surface area contributed by atoms with Crippen LogP contribution in [0.15, 0.2) is 0 Å². The molecule has 2 amide bonds. The standard InChI is InChI=1S/C18H32N2O2/c1-20(17-9-5-13(12-21)6-10-17)18(22)19-16-4-2-3-15(11-16)14-7-8-14/h13-17,21H,2-12H2,1H3,(H,19,22). The van der Waals surface area contributed by atoms with E-state index in [9.17, 15) is 9.90 Å². The monoisotopic (exact) mass is 308 g/mol. The number of carbonyl (C=O) groups is 1. The van der Waals surface area contributed by atoms with Gasteiger partial charge in [-0.2, -0.15) is 0 Å². The third kappa shape index (κ3) is 3.95. The number of aliphatic hydroxyl groups excluding tert-OH is 1. The lowest BCUT2D eigenvalue weighted by molar-refractivity contribution is 0.130. The van der Waals surface area contributed by atoms with E-state index in [0.717, 1.165) is 43.9 Å².